The highest BCUT2D eigenvalue weighted by Gasteiger charge is 2.19. The summed E-state index contributed by atoms with van der Waals surface area (Å²) in [6.45, 7) is 0.459. The predicted octanol–water partition coefficient (Wildman–Crippen LogP) is 3.23. The second-order valence-electron chi connectivity index (χ2n) is 5.75. The van der Waals surface area contributed by atoms with E-state index in [1.165, 1.54) is 6.33 Å². The molecule has 0 aliphatic carbocycles. The van der Waals surface area contributed by atoms with E-state index in [1.54, 1.807) is 37.4 Å². The number of methoxy groups -OCH3 is 2. The van der Waals surface area contributed by atoms with Crippen molar-refractivity contribution < 1.29 is 14.3 Å². The molecular weight excluding hydrogens is 412 g/mol. The molecule has 0 aliphatic heterocycles. The van der Waals surface area contributed by atoms with Gasteiger partial charge in [-0.1, -0.05) is 30.3 Å². The molecule has 8 heteroatoms. The van der Waals surface area contributed by atoms with E-state index in [4.69, 9.17) is 9.47 Å². The number of ether oxygens (including phenoxy) is 2. The van der Waals surface area contributed by atoms with E-state index in [9.17, 15) is 4.79 Å². The minimum absolute atomic E-state index is 0.243. The van der Waals surface area contributed by atoms with E-state index in [0.717, 1.165) is 5.56 Å². The highest BCUT2D eigenvalue weighted by atomic mass is 79.9. The first kappa shape index (κ1) is 18.9. The summed E-state index contributed by atoms with van der Waals surface area (Å²) in [5, 5.41) is 7.19. The fourth-order valence-electron chi connectivity index (χ4n) is 2.68. The van der Waals surface area contributed by atoms with Gasteiger partial charge in [0.15, 0.2) is 0 Å². The zero-order valence-electron chi connectivity index (χ0n) is 14.9. The van der Waals surface area contributed by atoms with Gasteiger partial charge in [0.2, 0.25) is 0 Å². The molecule has 1 aromatic heterocycles. The second kappa shape index (κ2) is 8.68. The number of amides is 1. The van der Waals surface area contributed by atoms with Crippen LogP contribution in [0.4, 0.5) is 0 Å². The fourth-order valence-corrected chi connectivity index (χ4v) is 3.23. The maximum Gasteiger partial charge on any atom is 0.252 e. The average Bonchev–Trinajstić information content (AvgIpc) is 3.21. The molecule has 3 aromatic rings. The van der Waals surface area contributed by atoms with E-state index < -0.39 is 0 Å². The molecule has 0 saturated carbocycles. The molecule has 2 aromatic carbocycles. The van der Waals surface area contributed by atoms with Crippen LogP contribution < -0.4 is 14.8 Å². The molecule has 140 valence electrons. The molecule has 0 radical (unpaired) electrons. The quantitative estimate of drug-likeness (QED) is 0.622. The van der Waals surface area contributed by atoms with Crippen LogP contribution in [0.2, 0.25) is 0 Å². The molecular formula is C19H19BrN4O3. The Morgan fingerprint density at radius 2 is 1.85 bits per heavy atom. The lowest BCUT2D eigenvalue weighted by Gasteiger charge is -2.20. The molecule has 0 aliphatic rings. The van der Waals surface area contributed by atoms with E-state index in [-0.39, 0.29) is 11.9 Å². The summed E-state index contributed by atoms with van der Waals surface area (Å²) in [5.41, 5.74) is 1.41. The molecule has 27 heavy (non-hydrogen) atoms. The summed E-state index contributed by atoms with van der Waals surface area (Å²) in [4.78, 5) is 16.9. The van der Waals surface area contributed by atoms with Gasteiger partial charge in [-0.05, 0) is 33.6 Å². The number of rotatable bonds is 7. The van der Waals surface area contributed by atoms with Crippen LogP contribution in [0.3, 0.4) is 0 Å². The number of benzene rings is 2. The van der Waals surface area contributed by atoms with Crippen molar-refractivity contribution in [2.24, 2.45) is 0 Å². The molecule has 0 saturated heterocycles. The monoisotopic (exact) mass is 430 g/mol. The van der Waals surface area contributed by atoms with Gasteiger partial charge in [-0.25, -0.2) is 4.98 Å². The van der Waals surface area contributed by atoms with Crippen molar-refractivity contribution in [1.82, 2.24) is 20.1 Å². The minimum Gasteiger partial charge on any atom is -0.495 e. The van der Waals surface area contributed by atoms with Crippen molar-refractivity contribution in [3.63, 3.8) is 0 Å². The number of nitrogens with one attached hydrogen (secondary N) is 1. The Labute approximate surface area is 165 Å². The van der Waals surface area contributed by atoms with Gasteiger partial charge >= 0.3 is 0 Å². The maximum absolute atomic E-state index is 12.9. The highest BCUT2D eigenvalue weighted by Crippen LogP contribution is 2.35. The SMILES string of the molecule is COc1cc(C(=O)N[C@H](Cn2cncn2)c2ccccc2)cc(OC)c1Br. The number of hydrogen-bond acceptors (Lipinski definition) is 5. The van der Waals surface area contributed by atoms with E-state index in [2.05, 4.69) is 31.3 Å². The predicted molar refractivity (Wildman–Crippen MR) is 104 cm³/mol. The average molecular weight is 431 g/mol. The topological polar surface area (TPSA) is 78.3 Å². The lowest BCUT2D eigenvalue weighted by Crippen LogP contribution is -2.31. The molecule has 0 spiro atoms. The standard InChI is InChI=1S/C19H19BrN4O3/c1-26-16-8-14(9-17(27-2)18(16)20)19(25)23-15(10-24-12-21-11-22-24)13-6-4-3-5-7-13/h3-9,11-12,15H,10H2,1-2H3,(H,23,25)/t15-/m1/s1. The summed E-state index contributed by atoms with van der Waals surface area (Å²) in [6.07, 6.45) is 3.09. The molecule has 0 fully saturated rings. The van der Waals surface area contributed by atoms with Gasteiger partial charge in [-0.15, -0.1) is 0 Å². The Bertz CT molecular complexity index is 876. The molecule has 3 rings (SSSR count). The summed E-state index contributed by atoms with van der Waals surface area (Å²) in [5.74, 6) is 0.798. The van der Waals surface area contributed by atoms with Gasteiger partial charge in [0, 0.05) is 5.56 Å². The molecule has 0 bridgehead atoms. The first-order valence-corrected chi connectivity index (χ1v) is 9.01. The number of halogens is 1. The largest absolute Gasteiger partial charge is 0.495 e. The Hall–Kier alpha value is -2.87. The van der Waals surface area contributed by atoms with Crippen molar-refractivity contribution in [2.45, 2.75) is 12.6 Å². The van der Waals surface area contributed by atoms with Gasteiger partial charge in [0.1, 0.15) is 28.6 Å². The number of carbonyl (C=O) groups excluding carboxylic acids is 1. The highest BCUT2D eigenvalue weighted by molar-refractivity contribution is 9.10. The van der Waals surface area contributed by atoms with Gasteiger partial charge in [-0.2, -0.15) is 5.10 Å². The van der Waals surface area contributed by atoms with Gasteiger partial charge in [0.05, 0.1) is 26.8 Å². The third kappa shape index (κ3) is 4.46. The van der Waals surface area contributed by atoms with Crippen LogP contribution in [0.1, 0.15) is 22.0 Å². The van der Waals surface area contributed by atoms with Gasteiger partial charge in [-0.3, -0.25) is 9.48 Å². The summed E-state index contributed by atoms with van der Waals surface area (Å²) >= 11 is 3.41. The Morgan fingerprint density at radius 1 is 1.19 bits per heavy atom. The van der Waals surface area contributed by atoms with E-state index in [1.807, 2.05) is 30.3 Å². The van der Waals surface area contributed by atoms with E-state index in [0.29, 0.717) is 28.1 Å². The third-order valence-corrected chi connectivity index (χ3v) is 4.83. The van der Waals surface area contributed by atoms with Crippen LogP contribution in [0, 0.1) is 0 Å². The zero-order chi connectivity index (χ0) is 19.2. The number of nitrogens with zero attached hydrogens (tertiary/aromatic N) is 3. The Morgan fingerprint density at radius 3 is 2.41 bits per heavy atom. The number of hydrogen-bond donors (Lipinski definition) is 1. The van der Waals surface area contributed by atoms with Crippen molar-refractivity contribution in [1.29, 1.82) is 0 Å². The van der Waals surface area contributed by atoms with Gasteiger partial charge < -0.3 is 14.8 Å². The zero-order valence-corrected chi connectivity index (χ0v) is 16.5. The number of aromatic nitrogens is 3. The first-order valence-electron chi connectivity index (χ1n) is 8.22. The molecule has 0 unspecified atom stereocenters. The maximum atomic E-state index is 12.9. The Balaban J connectivity index is 1.88. The van der Waals surface area contributed by atoms with E-state index >= 15 is 0 Å². The van der Waals surface area contributed by atoms with Crippen LogP contribution in [0.15, 0.2) is 59.6 Å². The van der Waals surface area contributed by atoms with Crippen molar-refractivity contribution >= 4 is 21.8 Å². The summed E-state index contributed by atoms with van der Waals surface area (Å²) in [6, 6.07) is 12.8. The lowest BCUT2D eigenvalue weighted by atomic mass is 10.1. The van der Waals surface area contributed by atoms with Crippen LogP contribution in [-0.4, -0.2) is 34.9 Å². The molecule has 1 heterocycles. The normalized spacial score (nSPS) is 11.7. The number of carbonyl (C=O) groups is 1. The van der Waals surface area contributed by atoms with Crippen LogP contribution >= 0.6 is 15.9 Å². The molecule has 1 N–H and O–H groups in total. The van der Waals surface area contributed by atoms with Crippen LogP contribution in [0.25, 0.3) is 0 Å². The van der Waals surface area contributed by atoms with Crippen LogP contribution in [-0.2, 0) is 6.54 Å². The first-order chi connectivity index (χ1) is 13.1. The Kier molecular flexibility index (Phi) is 6.08. The smallest absolute Gasteiger partial charge is 0.252 e. The summed E-state index contributed by atoms with van der Waals surface area (Å²) < 4.78 is 13.0. The van der Waals surface area contributed by atoms with Crippen molar-refractivity contribution in [2.75, 3.05) is 14.2 Å². The van der Waals surface area contributed by atoms with Crippen molar-refractivity contribution in [3.8, 4) is 11.5 Å². The second-order valence-corrected chi connectivity index (χ2v) is 6.54. The molecule has 1 amide bonds. The molecule has 1 atom stereocenters. The van der Waals surface area contributed by atoms with Crippen LogP contribution in [0.5, 0.6) is 11.5 Å². The summed E-state index contributed by atoms with van der Waals surface area (Å²) in [7, 11) is 3.08. The molecule has 7 nitrogen and oxygen atoms in total. The van der Waals surface area contributed by atoms with Gasteiger partial charge in [0.25, 0.3) is 5.91 Å². The lowest BCUT2D eigenvalue weighted by molar-refractivity contribution is 0.0931. The fraction of sp³-hybridized carbons (Fsp3) is 0.211. The third-order valence-electron chi connectivity index (χ3n) is 4.05. The van der Waals surface area contributed by atoms with Crippen molar-refractivity contribution in [3.05, 3.63) is 70.7 Å². The minimum atomic E-state index is -0.277.